The van der Waals surface area contributed by atoms with Crippen LogP contribution in [0.15, 0.2) is 12.1 Å². The maximum atomic E-state index is 12.7. The average Bonchev–Trinajstić information content (AvgIpc) is 3.08. The van der Waals surface area contributed by atoms with E-state index in [9.17, 15) is 9.90 Å². The second-order valence-corrected chi connectivity index (χ2v) is 8.54. The molecule has 1 aromatic rings. The predicted octanol–water partition coefficient (Wildman–Crippen LogP) is 1.60. The number of hydrogen-bond donors (Lipinski definition) is 2. The summed E-state index contributed by atoms with van der Waals surface area (Å²) in [6.45, 7) is 8.12. The molecule has 0 spiro atoms. The molecule has 1 aromatic carbocycles. The van der Waals surface area contributed by atoms with Crippen LogP contribution in [0.2, 0.25) is 10.0 Å². The third-order valence-electron chi connectivity index (χ3n) is 6.02. The van der Waals surface area contributed by atoms with E-state index < -0.39 is 0 Å². The number of amides is 1. The molecule has 4 rings (SSSR count). The van der Waals surface area contributed by atoms with E-state index >= 15 is 0 Å². The second kappa shape index (κ2) is 8.13. The lowest BCUT2D eigenvalue weighted by molar-refractivity contribution is -0.137. The van der Waals surface area contributed by atoms with Crippen molar-refractivity contribution in [3.8, 4) is 5.75 Å². The van der Waals surface area contributed by atoms with Gasteiger partial charge in [0.1, 0.15) is 5.75 Å². The van der Waals surface area contributed by atoms with Crippen LogP contribution in [0.1, 0.15) is 17.9 Å². The quantitative estimate of drug-likeness (QED) is 0.786. The summed E-state index contributed by atoms with van der Waals surface area (Å²) in [6.07, 6.45) is 0.809. The zero-order chi connectivity index (χ0) is 19.0. The number of carbonyl (C=O) groups excluding carboxylic acids is 1. The Morgan fingerprint density at radius 3 is 2.63 bits per heavy atom. The van der Waals surface area contributed by atoms with Gasteiger partial charge in [-0.1, -0.05) is 23.2 Å². The highest BCUT2D eigenvalue weighted by molar-refractivity contribution is 6.42. The Labute approximate surface area is 170 Å². The molecule has 0 unspecified atom stereocenters. The van der Waals surface area contributed by atoms with E-state index in [0.29, 0.717) is 28.7 Å². The fourth-order valence-electron chi connectivity index (χ4n) is 4.58. The molecule has 0 aliphatic carbocycles. The molecule has 27 heavy (non-hydrogen) atoms. The maximum absolute atomic E-state index is 12.7. The van der Waals surface area contributed by atoms with Crippen LogP contribution in [0.3, 0.4) is 0 Å². The highest BCUT2D eigenvalue weighted by Crippen LogP contribution is 2.43. The summed E-state index contributed by atoms with van der Waals surface area (Å²) >= 11 is 12.5. The summed E-state index contributed by atoms with van der Waals surface area (Å²) in [6, 6.07) is 3.37. The number of phenols is 1. The summed E-state index contributed by atoms with van der Waals surface area (Å²) in [5.41, 5.74) is 0.679. The minimum Gasteiger partial charge on any atom is -0.508 e. The third kappa shape index (κ3) is 4.05. The molecule has 8 heteroatoms. The smallest absolute Gasteiger partial charge is 0.237 e. The highest BCUT2D eigenvalue weighted by atomic mass is 35.5. The van der Waals surface area contributed by atoms with Crippen molar-refractivity contribution in [3.05, 3.63) is 27.7 Å². The average molecular weight is 413 g/mol. The van der Waals surface area contributed by atoms with Crippen LogP contribution in [0, 0.1) is 0 Å². The normalized spacial score (nSPS) is 27.2. The number of hydrogen-bond acceptors (Lipinski definition) is 5. The molecule has 3 aliphatic heterocycles. The van der Waals surface area contributed by atoms with E-state index in [1.807, 2.05) is 4.90 Å². The molecule has 1 amide bonds. The number of carbonyl (C=O) groups is 1. The first kappa shape index (κ1) is 19.3. The van der Waals surface area contributed by atoms with Crippen LogP contribution in [0.5, 0.6) is 5.75 Å². The predicted molar refractivity (Wildman–Crippen MR) is 107 cm³/mol. The number of rotatable bonds is 4. The second-order valence-electron chi connectivity index (χ2n) is 7.75. The standard InChI is InChI=1S/C19H26Cl2N4O2/c20-15-1-2-16(26)18(19(15)21)13-9-14-11-24(12-17(27)25(14)10-13)8-7-23-5-3-22-4-6-23/h1-2,13-14,22,26H,3-12H2/t13-,14-/m0/s1. The van der Waals surface area contributed by atoms with Crippen molar-refractivity contribution < 1.29 is 9.90 Å². The van der Waals surface area contributed by atoms with Gasteiger partial charge in [-0.2, -0.15) is 0 Å². The minimum absolute atomic E-state index is 0.0262. The molecule has 3 saturated heterocycles. The molecule has 0 saturated carbocycles. The molecule has 3 fully saturated rings. The lowest BCUT2D eigenvalue weighted by atomic mass is 9.95. The van der Waals surface area contributed by atoms with Crippen molar-refractivity contribution in [2.75, 3.05) is 58.9 Å². The van der Waals surface area contributed by atoms with E-state index in [-0.39, 0.29) is 23.6 Å². The van der Waals surface area contributed by atoms with Gasteiger partial charge in [-0.05, 0) is 18.6 Å². The molecular weight excluding hydrogens is 387 g/mol. The Balaban J connectivity index is 1.40. The van der Waals surface area contributed by atoms with Gasteiger partial charge in [0.15, 0.2) is 0 Å². The fraction of sp³-hybridized carbons (Fsp3) is 0.632. The van der Waals surface area contributed by atoms with Gasteiger partial charge in [-0.25, -0.2) is 0 Å². The fourth-order valence-corrected chi connectivity index (χ4v) is 5.06. The summed E-state index contributed by atoms with van der Waals surface area (Å²) in [5.74, 6) is 0.363. The number of nitrogens with one attached hydrogen (secondary N) is 1. The molecule has 3 aliphatic rings. The van der Waals surface area contributed by atoms with Crippen molar-refractivity contribution in [1.82, 2.24) is 20.0 Å². The number of fused-ring (bicyclic) bond motifs is 1. The summed E-state index contributed by atoms with van der Waals surface area (Å²) in [5, 5.41) is 14.5. The van der Waals surface area contributed by atoms with Crippen molar-refractivity contribution in [2.24, 2.45) is 0 Å². The number of piperazine rings is 2. The largest absolute Gasteiger partial charge is 0.508 e. The zero-order valence-corrected chi connectivity index (χ0v) is 16.8. The molecule has 0 bridgehead atoms. The van der Waals surface area contributed by atoms with Crippen LogP contribution < -0.4 is 5.32 Å². The van der Waals surface area contributed by atoms with E-state index in [1.165, 1.54) is 0 Å². The zero-order valence-electron chi connectivity index (χ0n) is 15.3. The molecule has 148 valence electrons. The minimum atomic E-state index is 0.0262. The van der Waals surface area contributed by atoms with Gasteiger partial charge in [0, 0.05) is 69.9 Å². The molecule has 0 aromatic heterocycles. The lowest BCUT2D eigenvalue weighted by Crippen LogP contribution is -2.55. The lowest BCUT2D eigenvalue weighted by Gasteiger charge is -2.38. The maximum Gasteiger partial charge on any atom is 0.237 e. The highest BCUT2D eigenvalue weighted by Gasteiger charge is 2.41. The molecule has 6 nitrogen and oxygen atoms in total. The van der Waals surface area contributed by atoms with E-state index in [1.54, 1.807) is 12.1 Å². The van der Waals surface area contributed by atoms with Crippen LogP contribution in [0.4, 0.5) is 0 Å². The first-order chi connectivity index (χ1) is 13.0. The van der Waals surface area contributed by atoms with Crippen molar-refractivity contribution in [3.63, 3.8) is 0 Å². The Bertz CT molecular complexity index is 711. The van der Waals surface area contributed by atoms with Gasteiger partial charge in [0.25, 0.3) is 0 Å². The van der Waals surface area contributed by atoms with Gasteiger partial charge in [0.05, 0.1) is 16.6 Å². The first-order valence-corrected chi connectivity index (χ1v) is 10.4. The molecule has 0 radical (unpaired) electrons. The number of benzene rings is 1. The topological polar surface area (TPSA) is 59.1 Å². The molecule has 3 heterocycles. The van der Waals surface area contributed by atoms with Gasteiger partial charge >= 0.3 is 0 Å². The van der Waals surface area contributed by atoms with Gasteiger partial charge in [-0.3, -0.25) is 14.6 Å². The number of phenolic OH excluding ortho intramolecular Hbond substituents is 1. The SMILES string of the molecule is O=C1CN(CCN2CCNCC2)C[C@@H]2C[C@H](c3c(O)ccc(Cl)c3Cl)CN12. The van der Waals surface area contributed by atoms with Crippen molar-refractivity contribution in [2.45, 2.75) is 18.4 Å². The van der Waals surface area contributed by atoms with Crippen LogP contribution >= 0.6 is 23.2 Å². The Morgan fingerprint density at radius 2 is 1.85 bits per heavy atom. The Morgan fingerprint density at radius 1 is 1.11 bits per heavy atom. The molecule has 2 atom stereocenters. The first-order valence-electron chi connectivity index (χ1n) is 9.64. The van der Waals surface area contributed by atoms with Crippen molar-refractivity contribution in [1.29, 1.82) is 0 Å². The van der Waals surface area contributed by atoms with E-state index in [0.717, 1.165) is 52.2 Å². The summed E-state index contributed by atoms with van der Waals surface area (Å²) in [4.78, 5) is 19.4. The number of nitrogens with zero attached hydrogens (tertiary/aromatic N) is 3. The molecule has 2 N–H and O–H groups in total. The van der Waals surface area contributed by atoms with Gasteiger partial charge in [0.2, 0.25) is 5.91 Å². The van der Waals surface area contributed by atoms with Crippen LogP contribution in [-0.2, 0) is 4.79 Å². The van der Waals surface area contributed by atoms with E-state index in [4.69, 9.17) is 23.2 Å². The van der Waals surface area contributed by atoms with Gasteiger partial charge < -0.3 is 15.3 Å². The summed E-state index contributed by atoms with van der Waals surface area (Å²) in [7, 11) is 0. The van der Waals surface area contributed by atoms with Crippen molar-refractivity contribution >= 4 is 29.1 Å². The van der Waals surface area contributed by atoms with Gasteiger partial charge in [-0.15, -0.1) is 0 Å². The number of aromatic hydroxyl groups is 1. The number of halogens is 2. The Hall–Kier alpha value is -1.05. The van der Waals surface area contributed by atoms with Crippen LogP contribution in [-0.4, -0.2) is 90.7 Å². The Kier molecular flexibility index (Phi) is 5.81. The third-order valence-corrected chi connectivity index (χ3v) is 6.84. The van der Waals surface area contributed by atoms with E-state index in [2.05, 4.69) is 15.1 Å². The monoisotopic (exact) mass is 412 g/mol. The molecular formula is C19H26Cl2N4O2. The summed E-state index contributed by atoms with van der Waals surface area (Å²) < 4.78 is 0. The van der Waals surface area contributed by atoms with Crippen LogP contribution in [0.25, 0.3) is 0 Å².